The minimum atomic E-state index is -3.35. The normalized spacial score (nSPS) is 17.7. The molecular weight excluding hydrogens is 454 g/mol. The van der Waals surface area contributed by atoms with Gasteiger partial charge < -0.3 is 14.4 Å². The van der Waals surface area contributed by atoms with Gasteiger partial charge >= 0.3 is 0 Å². The summed E-state index contributed by atoms with van der Waals surface area (Å²) in [6.07, 6.45) is 1.17. The van der Waals surface area contributed by atoms with Crippen LogP contribution in [0.5, 0.6) is 11.5 Å². The van der Waals surface area contributed by atoms with Crippen LogP contribution in [0.15, 0.2) is 29.6 Å². The first kappa shape index (κ1) is 20.2. The van der Waals surface area contributed by atoms with Crippen molar-refractivity contribution in [3.8, 4) is 11.5 Å². The molecule has 0 aliphatic carbocycles. The summed E-state index contributed by atoms with van der Waals surface area (Å²) in [6.45, 7) is 2.30. The number of amides is 1. The molecule has 0 fully saturated rings. The molecule has 3 rings (SSSR count). The summed E-state index contributed by atoms with van der Waals surface area (Å²) >= 11 is 4.93. The van der Waals surface area contributed by atoms with Crippen molar-refractivity contribution in [3.05, 3.63) is 45.6 Å². The van der Waals surface area contributed by atoms with Gasteiger partial charge in [0.2, 0.25) is 0 Å². The van der Waals surface area contributed by atoms with E-state index < -0.39 is 15.9 Å². The van der Waals surface area contributed by atoms with Crippen molar-refractivity contribution in [1.29, 1.82) is 0 Å². The number of benzene rings is 1. The van der Waals surface area contributed by atoms with Crippen LogP contribution in [-0.4, -0.2) is 45.0 Å². The minimum absolute atomic E-state index is 0.177. The first-order chi connectivity index (χ1) is 12.8. The fourth-order valence-corrected chi connectivity index (χ4v) is 5.95. The van der Waals surface area contributed by atoms with Crippen LogP contribution in [0, 0.1) is 0 Å². The van der Waals surface area contributed by atoms with Gasteiger partial charge in [0.1, 0.15) is 14.8 Å². The second kappa shape index (κ2) is 7.81. The lowest BCUT2D eigenvalue weighted by atomic mass is 10.1. The third-order valence-electron chi connectivity index (χ3n) is 4.29. The molecule has 6 nitrogen and oxygen atoms in total. The van der Waals surface area contributed by atoms with Gasteiger partial charge in [-0.25, -0.2) is 8.42 Å². The summed E-state index contributed by atoms with van der Waals surface area (Å²) in [5.41, 5.74) is 1.54. The Balaban J connectivity index is 2.06. The number of halogens is 1. The summed E-state index contributed by atoms with van der Waals surface area (Å²) < 4.78 is 35.2. The summed E-state index contributed by atoms with van der Waals surface area (Å²) in [5, 5.41) is 1.86. The number of nitrogens with zero attached hydrogens (tertiary/aromatic N) is 1. The van der Waals surface area contributed by atoms with E-state index in [-0.39, 0.29) is 16.6 Å². The van der Waals surface area contributed by atoms with Crippen LogP contribution in [0.25, 0.3) is 0 Å². The second-order valence-corrected chi connectivity index (χ2v) is 10.2. The number of sulfone groups is 1. The Morgan fingerprint density at radius 1 is 1.30 bits per heavy atom. The van der Waals surface area contributed by atoms with Gasteiger partial charge in [-0.2, -0.15) is 0 Å². The van der Waals surface area contributed by atoms with Crippen LogP contribution < -0.4 is 9.47 Å². The van der Waals surface area contributed by atoms with E-state index >= 15 is 0 Å². The molecule has 1 aromatic heterocycles. The van der Waals surface area contributed by atoms with Gasteiger partial charge in [-0.05, 0) is 36.1 Å². The fraction of sp³-hybridized carbons (Fsp3) is 0.389. The van der Waals surface area contributed by atoms with Gasteiger partial charge in [0.25, 0.3) is 5.91 Å². The summed E-state index contributed by atoms with van der Waals surface area (Å²) in [5.74, 6) is 0.710. The highest BCUT2D eigenvalue weighted by molar-refractivity contribution is 9.09. The van der Waals surface area contributed by atoms with Gasteiger partial charge in [0.05, 0.1) is 30.4 Å². The van der Waals surface area contributed by atoms with Crippen molar-refractivity contribution in [1.82, 2.24) is 4.90 Å². The van der Waals surface area contributed by atoms with Crippen molar-refractivity contribution in [2.24, 2.45) is 0 Å². The highest BCUT2D eigenvalue weighted by Crippen LogP contribution is 2.46. The first-order valence-electron chi connectivity index (χ1n) is 8.29. The quantitative estimate of drug-likeness (QED) is 0.451. The highest BCUT2D eigenvalue weighted by atomic mass is 79.9. The average Bonchev–Trinajstić information content (AvgIpc) is 3.17. The molecule has 2 heterocycles. The SMILES string of the molecule is CCOc1cc(C(CS(C)(=O)=O)N2C(=O)c3sccc3C2Br)ccc1OC. The lowest BCUT2D eigenvalue weighted by molar-refractivity contribution is 0.0719. The zero-order valence-corrected chi connectivity index (χ0v) is 18.4. The van der Waals surface area contributed by atoms with Crippen LogP contribution in [0.2, 0.25) is 0 Å². The number of fused-ring (bicyclic) bond motifs is 1. The van der Waals surface area contributed by atoms with Crippen LogP contribution in [0.1, 0.15) is 38.7 Å². The molecule has 146 valence electrons. The van der Waals surface area contributed by atoms with Gasteiger partial charge in [-0.1, -0.05) is 22.0 Å². The van der Waals surface area contributed by atoms with E-state index in [4.69, 9.17) is 9.47 Å². The molecule has 0 saturated carbocycles. The second-order valence-electron chi connectivity index (χ2n) is 6.20. The maximum absolute atomic E-state index is 13.0. The van der Waals surface area contributed by atoms with E-state index in [1.54, 1.807) is 30.2 Å². The monoisotopic (exact) mass is 473 g/mol. The third kappa shape index (κ3) is 4.00. The number of carbonyl (C=O) groups is 1. The predicted octanol–water partition coefficient (Wildman–Crippen LogP) is 3.79. The molecule has 1 aliphatic heterocycles. The van der Waals surface area contributed by atoms with Crippen LogP contribution in [-0.2, 0) is 9.84 Å². The summed E-state index contributed by atoms with van der Waals surface area (Å²) in [6, 6.07) is 6.49. The molecule has 9 heteroatoms. The Hall–Kier alpha value is -1.58. The third-order valence-corrected chi connectivity index (χ3v) is 7.07. The lowest BCUT2D eigenvalue weighted by Gasteiger charge is -2.31. The van der Waals surface area contributed by atoms with Crippen molar-refractivity contribution in [2.75, 3.05) is 25.7 Å². The van der Waals surface area contributed by atoms with Crippen molar-refractivity contribution in [2.45, 2.75) is 17.9 Å². The topological polar surface area (TPSA) is 72.9 Å². The van der Waals surface area contributed by atoms with Gasteiger partial charge in [-0.15, -0.1) is 11.3 Å². The molecule has 0 bridgehead atoms. The molecule has 1 aromatic carbocycles. The zero-order chi connectivity index (χ0) is 19.8. The van der Waals surface area contributed by atoms with Gasteiger partial charge in [0, 0.05) is 11.8 Å². The van der Waals surface area contributed by atoms with Gasteiger partial charge in [-0.3, -0.25) is 4.79 Å². The number of ether oxygens (including phenoxy) is 2. The predicted molar refractivity (Wildman–Crippen MR) is 109 cm³/mol. The number of rotatable bonds is 7. The van der Waals surface area contributed by atoms with E-state index in [1.807, 2.05) is 18.4 Å². The Labute approximate surface area is 171 Å². The van der Waals surface area contributed by atoms with E-state index in [9.17, 15) is 13.2 Å². The number of hydrogen-bond acceptors (Lipinski definition) is 6. The molecule has 0 N–H and O–H groups in total. The van der Waals surface area contributed by atoms with E-state index in [0.29, 0.717) is 28.5 Å². The van der Waals surface area contributed by atoms with E-state index in [0.717, 1.165) is 5.56 Å². The molecular formula is C18H20BrNO5S2. The Morgan fingerprint density at radius 3 is 2.63 bits per heavy atom. The number of alkyl halides is 1. The number of carbonyl (C=O) groups excluding carboxylic acids is 1. The molecule has 1 aliphatic rings. The summed E-state index contributed by atoms with van der Waals surface area (Å²) in [7, 11) is -1.81. The lowest BCUT2D eigenvalue weighted by Crippen LogP contribution is -2.34. The largest absolute Gasteiger partial charge is 0.493 e. The molecule has 0 radical (unpaired) electrons. The van der Waals surface area contributed by atoms with Crippen molar-refractivity contribution >= 4 is 43.0 Å². The number of methoxy groups -OCH3 is 1. The van der Waals surface area contributed by atoms with Crippen molar-refractivity contribution in [3.63, 3.8) is 0 Å². The molecule has 0 saturated heterocycles. The first-order valence-corrected chi connectivity index (χ1v) is 12.1. The number of thiophene rings is 1. The Kier molecular flexibility index (Phi) is 5.83. The Morgan fingerprint density at radius 2 is 2.04 bits per heavy atom. The van der Waals surface area contributed by atoms with Crippen LogP contribution in [0.3, 0.4) is 0 Å². The standard InChI is InChI=1S/C18H20BrNO5S2/c1-4-25-15-9-11(5-6-14(15)24-2)13(10-27(3,22)23)20-17(19)12-7-8-26-16(12)18(20)21/h5-9,13,17H,4,10H2,1-3H3. The number of hydrogen-bond donors (Lipinski definition) is 0. The van der Waals surface area contributed by atoms with E-state index in [2.05, 4.69) is 15.9 Å². The van der Waals surface area contributed by atoms with E-state index in [1.165, 1.54) is 17.6 Å². The van der Waals surface area contributed by atoms with Crippen LogP contribution >= 0.6 is 27.3 Å². The van der Waals surface area contributed by atoms with Gasteiger partial charge in [0.15, 0.2) is 11.5 Å². The maximum atomic E-state index is 13.0. The molecule has 27 heavy (non-hydrogen) atoms. The molecule has 2 unspecified atom stereocenters. The van der Waals surface area contributed by atoms with Crippen LogP contribution in [0.4, 0.5) is 0 Å². The highest BCUT2D eigenvalue weighted by Gasteiger charge is 2.42. The van der Waals surface area contributed by atoms with Crippen molar-refractivity contribution < 1.29 is 22.7 Å². The smallest absolute Gasteiger partial charge is 0.266 e. The Bertz CT molecular complexity index is 956. The maximum Gasteiger partial charge on any atom is 0.266 e. The molecule has 2 aromatic rings. The fourth-order valence-electron chi connectivity index (χ4n) is 3.14. The average molecular weight is 474 g/mol. The molecule has 2 atom stereocenters. The zero-order valence-electron chi connectivity index (χ0n) is 15.1. The molecule has 1 amide bonds. The molecule has 0 spiro atoms. The minimum Gasteiger partial charge on any atom is -0.493 e. The summed E-state index contributed by atoms with van der Waals surface area (Å²) in [4.78, 5) is 14.8.